The summed E-state index contributed by atoms with van der Waals surface area (Å²) in [4.78, 5) is 24.4. The summed E-state index contributed by atoms with van der Waals surface area (Å²) >= 11 is 6.78. The molecule has 1 N–H and O–H groups in total. The van der Waals surface area contributed by atoms with Gasteiger partial charge in [-0.05, 0) is 79.7 Å². The SMILES string of the molecule is COc1cc(C(=O)c2cc(F)cc(F)c2)c(Oc2c(Br)cc(CC(=O)O)cc2Br)cc1C(C)C. The molecule has 5 nitrogen and oxygen atoms in total. The second-order valence-electron chi connectivity index (χ2n) is 7.79. The number of halogens is 4. The van der Waals surface area contributed by atoms with E-state index in [1.54, 1.807) is 18.2 Å². The van der Waals surface area contributed by atoms with E-state index in [2.05, 4.69) is 31.9 Å². The zero-order valence-electron chi connectivity index (χ0n) is 18.4. The van der Waals surface area contributed by atoms with Crippen molar-refractivity contribution in [3.63, 3.8) is 0 Å². The quantitative estimate of drug-likeness (QED) is 0.276. The second-order valence-corrected chi connectivity index (χ2v) is 9.50. The first-order chi connectivity index (χ1) is 16.0. The molecule has 0 saturated heterocycles. The van der Waals surface area contributed by atoms with E-state index in [0.29, 0.717) is 32.1 Å². The van der Waals surface area contributed by atoms with Crippen LogP contribution in [0.15, 0.2) is 51.4 Å². The molecule has 0 radical (unpaired) electrons. The van der Waals surface area contributed by atoms with Crippen LogP contribution in [0, 0.1) is 11.6 Å². The van der Waals surface area contributed by atoms with Crippen molar-refractivity contribution in [2.24, 2.45) is 0 Å². The average Bonchev–Trinajstić information content (AvgIpc) is 2.74. The molecule has 0 fully saturated rings. The highest BCUT2D eigenvalue weighted by atomic mass is 79.9. The number of hydrogen-bond acceptors (Lipinski definition) is 4. The van der Waals surface area contributed by atoms with Gasteiger partial charge in [0.05, 0.1) is 28.0 Å². The maximum absolute atomic E-state index is 13.8. The Hall–Kier alpha value is -2.78. The number of ketones is 1. The topological polar surface area (TPSA) is 72.8 Å². The highest BCUT2D eigenvalue weighted by Crippen LogP contribution is 2.42. The Morgan fingerprint density at radius 1 is 0.941 bits per heavy atom. The van der Waals surface area contributed by atoms with E-state index < -0.39 is 23.4 Å². The molecular formula is C25H20Br2F2O5. The third-order valence-corrected chi connectivity index (χ3v) is 6.13. The number of methoxy groups -OCH3 is 1. The summed E-state index contributed by atoms with van der Waals surface area (Å²) in [7, 11) is 1.46. The molecule has 0 heterocycles. The van der Waals surface area contributed by atoms with Gasteiger partial charge in [0.1, 0.15) is 23.1 Å². The summed E-state index contributed by atoms with van der Waals surface area (Å²) in [5, 5.41) is 9.07. The van der Waals surface area contributed by atoms with Gasteiger partial charge in [0, 0.05) is 17.2 Å². The second kappa shape index (κ2) is 10.7. The van der Waals surface area contributed by atoms with Gasteiger partial charge < -0.3 is 14.6 Å². The van der Waals surface area contributed by atoms with Crippen molar-refractivity contribution in [2.45, 2.75) is 26.2 Å². The van der Waals surface area contributed by atoms with Crippen LogP contribution in [0.4, 0.5) is 8.78 Å². The Bertz CT molecular complexity index is 1230. The van der Waals surface area contributed by atoms with E-state index in [9.17, 15) is 18.4 Å². The monoisotopic (exact) mass is 596 g/mol. The Labute approximate surface area is 212 Å². The van der Waals surface area contributed by atoms with Crippen molar-refractivity contribution in [1.29, 1.82) is 0 Å². The molecule has 0 aliphatic heterocycles. The first kappa shape index (κ1) is 25.8. The lowest BCUT2D eigenvalue weighted by Crippen LogP contribution is -2.08. The minimum absolute atomic E-state index is 0.0119. The largest absolute Gasteiger partial charge is 0.496 e. The molecule has 3 aromatic rings. The smallest absolute Gasteiger partial charge is 0.307 e. The lowest BCUT2D eigenvalue weighted by Gasteiger charge is -2.19. The third-order valence-electron chi connectivity index (χ3n) is 4.95. The highest BCUT2D eigenvalue weighted by Gasteiger charge is 2.23. The van der Waals surface area contributed by atoms with Crippen molar-refractivity contribution < 1.29 is 33.0 Å². The van der Waals surface area contributed by atoms with Crippen LogP contribution < -0.4 is 9.47 Å². The molecule has 3 aromatic carbocycles. The maximum atomic E-state index is 13.8. The molecule has 0 aliphatic carbocycles. The molecule has 0 atom stereocenters. The zero-order chi connectivity index (χ0) is 25.2. The predicted octanol–water partition coefficient (Wildman–Crippen LogP) is 7.27. The minimum Gasteiger partial charge on any atom is -0.496 e. The van der Waals surface area contributed by atoms with Crippen LogP contribution in [0.2, 0.25) is 0 Å². The average molecular weight is 598 g/mol. The maximum Gasteiger partial charge on any atom is 0.307 e. The number of carboxylic acid groups (broad SMARTS) is 1. The zero-order valence-corrected chi connectivity index (χ0v) is 21.6. The fourth-order valence-electron chi connectivity index (χ4n) is 3.40. The normalized spacial score (nSPS) is 10.9. The Morgan fingerprint density at radius 2 is 1.53 bits per heavy atom. The lowest BCUT2D eigenvalue weighted by atomic mass is 9.95. The number of carbonyl (C=O) groups is 2. The molecule has 0 amide bonds. The Kier molecular flexibility index (Phi) is 8.09. The van der Waals surface area contributed by atoms with Crippen LogP contribution in [-0.4, -0.2) is 24.0 Å². The van der Waals surface area contributed by atoms with E-state index >= 15 is 0 Å². The van der Waals surface area contributed by atoms with Gasteiger partial charge in [-0.15, -0.1) is 0 Å². The van der Waals surface area contributed by atoms with Gasteiger partial charge in [0.25, 0.3) is 0 Å². The molecule has 0 bridgehead atoms. The number of rotatable bonds is 8. The molecular weight excluding hydrogens is 578 g/mol. The summed E-state index contributed by atoms with van der Waals surface area (Å²) in [5.74, 6) is -2.52. The molecule has 9 heteroatoms. The summed E-state index contributed by atoms with van der Waals surface area (Å²) in [6.07, 6.45) is -0.188. The lowest BCUT2D eigenvalue weighted by molar-refractivity contribution is -0.136. The molecule has 0 unspecified atom stereocenters. The molecule has 0 aromatic heterocycles. The van der Waals surface area contributed by atoms with E-state index in [-0.39, 0.29) is 29.2 Å². The molecule has 3 rings (SSSR count). The summed E-state index contributed by atoms with van der Waals surface area (Å²) in [5.41, 5.74) is 1.15. The van der Waals surface area contributed by atoms with Crippen LogP contribution in [0.1, 0.15) is 46.8 Å². The number of carbonyl (C=O) groups excluding carboxylic acids is 1. The van der Waals surface area contributed by atoms with Gasteiger partial charge in [-0.1, -0.05) is 13.8 Å². The fraction of sp³-hybridized carbons (Fsp3) is 0.200. The van der Waals surface area contributed by atoms with Crippen molar-refractivity contribution in [1.82, 2.24) is 0 Å². The van der Waals surface area contributed by atoms with Crippen molar-refractivity contribution in [2.75, 3.05) is 7.11 Å². The molecule has 0 spiro atoms. The standard InChI is InChI=1S/C25H20Br2F2O5/c1-12(2)17-10-22(34-25-19(26)4-13(5-20(25)27)6-23(30)31)18(11-21(17)33-3)24(32)14-7-15(28)9-16(29)8-14/h4-5,7-12H,6H2,1-3H3,(H,30,31). The van der Waals surface area contributed by atoms with E-state index in [1.165, 1.54) is 13.2 Å². The summed E-state index contributed by atoms with van der Waals surface area (Å²) in [6, 6.07) is 8.92. The summed E-state index contributed by atoms with van der Waals surface area (Å²) < 4.78 is 40.1. The van der Waals surface area contributed by atoms with E-state index in [0.717, 1.165) is 17.7 Å². The van der Waals surface area contributed by atoms with Gasteiger partial charge in [0.2, 0.25) is 0 Å². The molecule has 0 aliphatic rings. The first-order valence-corrected chi connectivity index (χ1v) is 11.7. The fourth-order valence-corrected chi connectivity index (χ4v) is 4.85. The number of benzene rings is 3. The summed E-state index contributed by atoms with van der Waals surface area (Å²) in [6.45, 7) is 3.88. The van der Waals surface area contributed by atoms with E-state index in [4.69, 9.17) is 14.6 Å². The van der Waals surface area contributed by atoms with E-state index in [1.807, 2.05) is 13.8 Å². The minimum atomic E-state index is -0.987. The van der Waals surface area contributed by atoms with Gasteiger partial charge in [-0.2, -0.15) is 0 Å². The molecule has 178 valence electrons. The Balaban J connectivity index is 2.16. The van der Waals surface area contributed by atoms with Gasteiger partial charge in [-0.3, -0.25) is 9.59 Å². The molecule has 34 heavy (non-hydrogen) atoms. The first-order valence-electron chi connectivity index (χ1n) is 10.1. The third kappa shape index (κ3) is 5.82. The van der Waals surface area contributed by atoms with Crippen LogP contribution >= 0.6 is 31.9 Å². The Morgan fingerprint density at radius 3 is 2.03 bits per heavy atom. The van der Waals surface area contributed by atoms with Gasteiger partial charge in [-0.25, -0.2) is 8.78 Å². The van der Waals surface area contributed by atoms with Crippen molar-refractivity contribution in [3.05, 3.63) is 85.3 Å². The van der Waals surface area contributed by atoms with Crippen LogP contribution in [-0.2, 0) is 11.2 Å². The highest BCUT2D eigenvalue weighted by molar-refractivity contribution is 9.11. The number of hydrogen-bond donors (Lipinski definition) is 1. The van der Waals surface area contributed by atoms with Crippen molar-refractivity contribution >= 4 is 43.6 Å². The number of carboxylic acids is 1. The van der Waals surface area contributed by atoms with Crippen LogP contribution in [0.3, 0.4) is 0 Å². The molecule has 0 saturated carbocycles. The van der Waals surface area contributed by atoms with Gasteiger partial charge in [0.15, 0.2) is 11.5 Å². The number of ether oxygens (including phenoxy) is 2. The predicted molar refractivity (Wildman–Crippen MR) is 130 cm³/mol. The van der Waals surface area contributed by atoms with Crippen molar-refractivity contribution in [3.8, 4) is 17.2 Å². The number of aliphatic carboxylic acids is 1. The van der Waals surface area contributed by atoms with Crippen LogP contribution in [0.5, 0.6) is 17.2 Å². The van der Waals surface area contributed by atoms with Crippen LogP contribution in [0.25, 0.3) is 0 Å². The van der Waals surface area contributed by atoms with Gasteiger partial charge >= 0.3 is 5.97 Å².